The molecule has 45 heavy (non-hydrogen) atoms. The number of piperazine rings is 1. The highest BCUT2D eigenvalue weighted by Gasteiger charge is 2.28. The summed E-state index contributed by atoms with van der Waals surface area (Å²) in [5.41, 5.74) is 4.17. The molecular weight excluding hydrogens is 660 g/mol. The Kier molecular flexibility index (Phi) is 11.0. The number of halogens is 1. The fraction of sp³-hybridized carbons (Fsp3) is 0.484. The van der Waals surface area contributed by atoms with Crippen LogP contribution >= 0.6 is 15.9 Å². The fourth-order valence-corrected chi connectivity index (χ4v) is 6.71. The molecule has 2 aliphatic heterocycles. The average Bonchev–Trinajstić information content (AvgIpc) is 3.06. The lowest BCUT2D eigenvalue weighted by atomic mass is 9.99. The standard InChI is InChI=1S/C31H43BrN8O4S/c1-6-21-18-25(28(44-5)19-26(21)40-12-10-22(11-13-40)39-16-14-37(2)15-17-39)35-31-33-20-23(32)30(36-31)34-24-8-7-9-27(43-4)29(24)38(3)45(41)42/h7-9,18-20,22H,6,10-17H2,1-5H3,(H,41,42)(H2,33,34,35,36). The molecule has 3 aromatic rings. The van der Waals surface area contributed by atoms with Gasteiger partial charge < -0.3 is 29.9 Å². The van der Waals surface area contributed by atoms with E-state index < -0.39 is 11.3 Å². The van der Waals surface area contributed by atoms with Crippen molar-refractivity contribution in [3.8, 4) is 11.5 Å². The van der Waals surface area contributed by atoms with Gasteiger partial charge in [0.1, 0.15) is 23.0 Å². The summed E-state index contributed by atoms with van der Waals surface area (Å²) in [7, 11) is 6.91. The largest absolute Gasteiger partial charge is 0.494 e. The Morgan fingerprint density at radius 3 is 2.40 bits per heavy atom. The quantitative estimate of drug-likeness (QED) is 0.232. The summed E-state index contributed by atoms with van der Waals surface area (Å²) < 4.78 is 34.8. The van der Waals surface area contributed by atoms with Crippen LogP contribution in [0.15, 0.2) is 41.0 Å². The summed E-state index contributed by atoms with van der Waals surface area (Å²) >= 11 is 1.27. The lowest BCUT2D eigenvalue weighted by Crippen LogP contribution is -2.52. The van der Waals surface area contributed by atoms with E-state index in [2.05, 4.69) is 72.4 Å². The highest BCUT2D eigenvalue weighted by molar-refractivity contribution is 9.10. The maximum absolute atomic E-state index is 11.9. The van der Waals surface area contributed by atoms with Gasteiger partial charge in [-0.1, -0.05) is 13.0 Å². The summed E-state index contributed by atoms with van der Waals surface area (Å²) in [4.78, 5) is 16.8. The van der Waals surface area contributed by atoms with Crippen LogP contribution < -0.4 is 29.3 Å². The highest BCUT2D eigenvalue weighted by Crippen LogP contribution is 2.40. The van der Waals surface area contributed by atoms with Crippen molar-refractivity contribution in [2.75, 3.05) is 87.4 Å². The topological polar surface area (TPSA) is 119 Å². The number of benzene rings is 2. The maximum Gasteiger partial charge on any atom is 0.261 e. The number of nitrogens with one attached hydrogen (secondary N) is 2. The number of likely N-dealkylation sites (N-methyl/N-ethyl adjacent to an activating group) is 1. The van der Waals surface area contributed by atoms with Crippen LogP contribution in [0, 0.1) is 0 Å². The van der Waals surface area contributed by atoms with Gasteiger partial charge in [0.25, 0.3) is 11.3 Å². The van der Waals surface area contributed by atoms with Crippen molar-refractivity contribution in [3.05, 3.63) is 46.6 Å². The van der Waals surface area contributed by atoms with Gasteiger partial charge in [-0.2, -0.15) is 4.98 Å². The molecule has 3 heterocycles. The molecule has 3 N–H and O–H groups in total. The molecule has 1 unspecified atom stereocenters. The van der Waals surface area contributed by atoms with Crippen molar-refractivity contribution in [1.29, 1.82) is 0 Å². The monoisotopic (exact) mass is 702 g/mol. The molecule has 2 saturated heterocycles. The Bertz CT molecular complexity index is 1500. The third kappa shape index (κ3) is 7.63. The first-order chi connectivity index (χ1) is 21.7. The molecule has 2 aromatic carbocycles. The number of nitrogens with zero attached hydrogens (tertiary/aromatic N) is 6. The minimum atomic E-state index is -2.26. The number of hydrogen-bond acceptors (Lipinski definition) is 10. The zero-order chi connectivity index (χ0) is 32.1. The summed E-state index contributed by atoms with van der Waals surface area (Å²) in [6.45, 7) is 8.84. The minimum absolute atomic E-state index is 0.366. The molecule has 14 heteroatoms. The lowest BCUT2D eigenvalue weighted by molar-refractivity contribution is 0.0982. The highest BCUT2D eigenvalue weighted by atomic mass is 79.9. The van der Waals surface area contributed by atoms with Gasteiger partial charge in [0.05, 0.1) is 30.1 Å². The van der Waals surface area contributed by atoms with E-state index in [9.17, 15) is 8.76 Å². The van der Waals surface area contributed by atoms with Crippen molar-refractivity contribution >= 4 is 61.7 Å². The molecule has 0 saturated carbocycles. The Balaban J connectivity index is 1.35. The number of ether oxygens (including phenoxy) is 2. The SMILES string of the molecule is CCc1cc(Nc2ncc(Br)c(Nc3cccc(OC)c3N(C)S(=O)O)n2)c(OC)cc1N1CCC(N2CCN(C)CC2)CC1. The van der Waals surface area contributed by atoms with Crippen molar-refractivity contribution < 1.29 is 18.2 Å². The van der Waals surface area contributed by atoms with Gasteiger partial charge >= 0.3 is 0 Å². The third-order valence-corrected chi connectivity index (χ3v) is 9.88. The molecule has 0 bridgehead atoms. The van der Waals surface area contributed by atoms with Gasteiger partial charge in [-0.25, -0.2) is 9.19 Å². The molecule has 12 nitrogen and oxygen atoms in total. The number of aryl methyl sites for hydroxylation is 1. The first kappa shape index (κ1) is 33.2. The molecule has 0 radical (unpaired) electrons. The molecule has 1 atom stereocenters. The number of aromatic nitrogens is 2. The van der Waals surface area contributed by atoms with Crippen LogP contribution in [0.4, 0.5) is 34.5 Å². The molecule has 0 aliphatic carbocycles. The molecule has 2 aliphatic rings. The Morgan fingerprint density at radius 1 is 1.04 bits per heavy atom. The summed E-state index contributed by atoms with van der Waals surface area (Å²) in [5, 5.41) is 6.61. The van der Waals surface area contributed by atoms with E-state index in [0.717, 1.165) is 64.2 Å². The summed E-state index contributed by atoms with van der Waals surface area (Å²) in [5.74, 6) is 1.99. The van der Waals surface area contributed by atoms with Crippen LogP contribution in [-0.4, -0.2) is 102 Å². The maximum atomic E-state index is 11.9. The second-order valence-corrected chi connectivity index (χ2v) is 13.2. The van der Waals surface area contributed by atoms with Crippen LogP contribution in [-0.2, 0) is 17.7 Å². The van der Waals surface area contributed by atoms with Gasteiger partial charge in [-0.15, -0.1) is 0 Å². The second-order valence-electron chi connectivity index (χ2n) is 11.3. The zero-order valence-corrected chi connectivity index (χ0v) is 28.9. The predicted molar refractivity (Wildman–Crippen MR) is 185 cm³/mol. The molecular formula is C31H43BrN8O4S. The van der Waals surface area contributed by atoms with Gasteiger partial charge in [-0.05, 0) is 66.0 Å². The first-order valence-electron chi connectivity index (χ1n) is 15.2. The number of piperidine rings is 1. The fourth-order valence-electron chi connectivity index (χ4n) is 6.07. The van der Waals surface area contributed by atoms with E-state index in [1.54, 1.807) is 31.5 Å². The zero-order valence-electron chi connectivity index (χ0n) is 26.5. The molecule has 2 fully saturated rings. The normalized spacial score (nSPS) is 17.2. The smallest absolute Gasteiger partial charge is 0.261 e. The van der Waals surface area contributed by atoms with Crippen molar-refractivity contribution in [2.24, 2.45) is 0 Å². The minimum Gasteiger partial charge on any atom is -0.494 e. The van der Waals surface area contributed by atoms with Crippen LogP contribution in [0.25, 0.3) is 0 Å². The van der Waals surface area contributed by atoms with E-state index in [1.165, 1.54) is 29.7 Å². The van der Waals surface area contributed by atoms with Gasteiger partial charge in [0.2, 0.25) is 5.95 Å². The van der Waals surface area contributed by atoms with E-state index in [4.69, 9.17) is 14.5 Å². The number of rotatable bonds is 11. The molecule has 0 spiro atoms. The first-order valence-corrected chi connectivity index (χ1v) is 17.0. The van der Waals surface area contributed by atoms with Crippen LogP contribution in [0.5, 0.6) is 11.5 Å². The Morgan fingerprint density at radius 2 is 1.76 bits per heavy atom. The lowest BCUT2D eigenvalue weighted by Gasteiger charge is -2.43. The van der Waals surface area contributed by atoms with E-state index in [-0.39, 0.29) is 0 Å². The second kappa shape index (κ2) is 14.9. The predicted octanol–water partition coefficient (Wildman–Crippen LogP) is 5.10. The van der Waals surface area contributed by atoms with Gasteiger partial charge in [0, 0.05) is 70.3 Å². The van der Waals surface area contributed by atoms with Crippen molar-refractivity contribution in [2.45, 2.75) is 32.2 Å². The molecule has 0 amide bonds. The Labute approximate surface area is 276 Å². The van der Waals surface area contributed by atoms with Crippen LogP contribution in [0.3, 0.4) is 0 Å². The van der Waals surface area contributed by atoms with Crippen molar-refractivity contribution in [3.63, 3.8) is 0 Å². The van der Waals surface area contributed by atoms with Gasteiger partial charge in [-0.3, -0.25) is 13.8 Å². The van der Waals surface area contributed by atoms with Crippen LogP contribution in [0.2, 0.25) is 0 Å². The van der Waals surface area contributed by atoms with Crippen LogP contribution in [0.1, 0.15) is 25.3 Å². The number of anilines is 6. The van der Waals surface area contributed by atoms with E-state index >= 15 is 0 Å². The van der Waals surface area contributed by atoms with E-state index in [1.807, 2.05) is 0 Å². The Hall–Kier alpha value is -3.17. The molecule has 1 aromatic heterocycles. The number of methoxy groups -OCH3 is 2. The number of hydrogen-bond donors (Lipinski definition) is 3. The summed E-state index contributed by atoms with van der Waals surface area (Å²) in [6.07, 6.45) is 4.85. The van der Waals surface area contributed by atoms with Gasteiger partial charge in [0.15, 0.2) is 0 Å². The van der Waals surface area contributed by atoms with E-state index in [0.29, 0.717) is 45.2 Å². The average molecular weight is 704 g/mol. The third-order valence-electron chi connectivity index (χ3n) is 8.65. The number of para-hydroxylation sites is 1. The van der Waals surface area contributed by atoms with Crippen molar-refractivity contribution in [1.82, 2.24) is 19.8 Å². The molecule has 244 valence electrons. The molecule has 5 rings (SSSR count). The summed E-state index contributed by atoms with van der Waals surface area (Å²) in [6, 6.07) is 10.2.